The highest BCUT2D eigenvalue weighted by Gasteiger charge is 2.45. The number of aliphatic hydroxyl groups excluding tert-OH is 4. The molecule has 0 unspecified atom stereocenters. The maximum atomic E-state index is 12.8. The molecule has 5 atom stereocenters. The van der Waals surface area contributed by atoms with Gasteiger partial charge in [-0.05, 0) is 35.9 Å². The van der Waals surface area contributed by atoms with Gasteiger partial charge in [0.1, 0.15) is 35.9 Å². The molecule has 9 nitrogen and oxygen atoms in total. The van der Waals surface area contributed by atoms with Crippen molar-refractivity contribution < 1.29 is 39.4 Å². The van der Waals surface area contributed by atoms with E-state index in [1.54, 1.807) is 25.3 Å². The second-order valence-corrected chi connectivity index (χ2v) is 7.90. The number of nitrogens with one attached hydrogen (secondary N) is 1. The van der Waals surface area contributed by atoms with Crippen molar-refractivity contribution in [2.75, 3.05) is 13.7 Å². The van der Waals surface area contributed by atoms with Crippen LogP contribution in [0, 0.1) is 0 Å². The summed E-state index contributed by atoms with van der Waals surface area (Å²) in [6.45, 7) is -0.323. The van der Waals surface area contributed by atoms with Crippen molar-refractivity contribution in [3.05, 3.63) is 58.1 Å². The lowest BCUT2D eigenvalue weighted by atomic mass is 9.99. The van der Waals surface area contributed by atoms with E-state index in [2.05, 4.69) is 21.2 Å². The molecule has 1 saturated heterocycles. The van der Waals surface area contributed by atoms with Crippen molar-refractivity contribution in [2.45, 2.75) is 37.3 Å². The molecule has 10 heteroatoms. The zero-order valence-corrected chi connectivity index (χ0v) is 18.2. The Kier molecular flexibility index (Phi) is 7.87. The van der Waals surface area contributed by atoms with E-state index in [1.807, 2.05) is 12.1 Å². The fraction of sp³-hybridized carbons (Fsp3) is 0.381. The average Bonchev–Trinajstić information content (AvgIpc) is 2.78. The molecule has 0 aromatic heterocycles. The van der Waals surface area contributed by atoms with Crippen LogP contribution in [0.5, 0.6) is 11.5 Å². The molecule has 0 radical (unpaired) electrons. The number of aliphatic hydroxyl groups is 4. The first kappa shape index (κ1) is 23.5. The van der Waals surface area contributed by atoms with Gasteiger partial charge in [0.25, 0.3) is 5.91 Å². The molecule has 168 valence electrons. The van der Waals surface area contributed by atoms with Gasteiger partial charge in [0, 0.05) is 11.0 Å². The molecule has 1 heterocycles. The number of carbonyl (C=O) groups is 1. The highest BCUT2D eigenvalue weighted by atomic mass is 79.9. The molecular weight excluding hydrogens is 474 g/mol. The number of ether oxygens (including phenoxy) is 3. The van der Waals surface area contributed by atoms with Gasteiger partial charge in [-0.1, -0.05) is 28.1 Å². The SMILES string of the molecule is COc1ccc(CNC(=O)c2ccc(Br)cc2O[C@@H]2O[C@H](CO)[C@@H](O)[C@H](O)[C@H]2O)cc1. The van der Waals surface area contributed by atoms with Crippen molar-refractivity contribution in [2.24, 2.45) is 0 Å². The van der Waals surface area contributed by atoms with Crippen LogP contribution in [0.15, 0.2) is 46.9 Å². The fourth-order valence-corrected chi connectivity index (χ4v) is 3.43. The quantitative estimate of drug-likeness (QED) is 0.374. The first-order valence-corrected chi connectivity index (χ1v) is 10.3. The van der Waals surface area contributed by atoms with Crippen LogP contribution in [0.2, 0.25) is 0 Å². The molecule has 1 fully saturated rings. The Morgan fingerprint density at radius 1 is 1.10 bits per heavy atom. The lowest BCUT2D eigenvalue weighted by Gasteiger charge is -2.39. The maximum Gasteiger partial charge on any atom is 0.255 e. The number of rotatable bonds is 7. The summed E-state index contributed by atoms with van der Waals surface area (Å²) in [5, 5.41) is 42.2. The Labute approximate surface area is 187 Å². The minimum Gasteiger partial charge on any atom is -0.497 e. The number of amides is 1. The zero-order chi connectivity index (χ0) is 22.5. The third-order valence-electron chi connectivity index (χ3n) is 4.89. The summed E-state index contributed by atoms with van der Waals surface area (Å²) < 4.78 is 16.8. The van der Waals surface area contributed by atoms with Gasteiger partial charge >= 0.3 is 0 Å². The summed E-state index contributed by atoms with van der Waals surface area (Å²) in [5.41, 5.74) is 1.04. The van der Waals surface area contributed by atoms with Crippen LogP contribution in [0.4, 0.5) is 0 Å². The Hall–Kier alpha value is -2.21. The zero-order valence-electron chi connectivity index (χ0n) is 16.6. The smallest absolute Gasteiger partial charge is 0.255 e. The van der Waals surface area contributed by atoms with Crippen LogP contribution in [0.1, 0.15) is 15.9 Å². The second-order valence-electron chi connectivity index (χ2n) is 6.99. The van der Waals surface area contributed by atoms with Crippen LogP contribution in [-0.4, -0.2) is 70.8 Å². The predicted molar refractivity (Wildman–Crippen MR) is 113 cm³/mol. The normalized spacial score (nSPS) is 25.7. The lowest BCUT2D eigenvalue weighted by molar-refractivity contribution is -0.277. The molecule has 0 aliphatic carbocycles. The standard InChI is InChI=1S/C21H24BrNO8/c1-29-13-5-2-11(3-6-13)9-23-20(28)14-7-4-12(22)8-15(14)30-21-19(27)18(26)17(25)16(10-24)31-21/h2-8,16-19,21,24-27H,9-10H2,1H3,(H,23,28)/t16-,17-,18+,19-,21-/m1/s1. The Morgan fingerprint density at radius 3 is 2.45 bits per heavy atom. The minimum atomic E-state index is -1.59. The fourth-order valence-electron chi connectivity index (χ4n) is 3.09. The summed E-state index contributed by atoms with van der Waals surface area (Å²) in [7, 11) is 1.57. The second kappa shape index (κ2) is 10.4. The van der Waals surface area contributed by atoms with Gasteiger partial charge in [-0.25, -0.2) is 0 Å². The van der Waals surface area contributed by atoms with E-state index in [9.17, 15) is 25.2 Å². The van der Waals surface area contributed by atoms with Crippen molar-refractivity contribution in [1.29, 1.82) is 0 Å². The summed E-state index contributed by atoms with van der Waals surface area (Å²) in [6.07, 6.45) is -7.21. The van der Waals surface area contributed by atoms with E-state index in [0.29, 0.717) is 10.2 Å². The molecule has 1 aliphatic heterocycles. The van der Waals surface area contributed by atoms with E-state index in [1.165, 1.54) is 12.1 Å². The van der Waals surface area contributed by atoms with Gasteiger partial charge in [0.05, 0.1) is 19.3 Å². The molecule has 5 N–H and O–H groups in total. The summed E-state index contributed by atoms with van der Waals surface area (Å²) in [6, 6.07) is 11.9. The van der Waals surface area contributed by atoms with Gasteiger partial charge in [-0.3, -0.25) is 4.79 Å². The first-order valence-electron chi connectivity index (χ1n) is 9.52. The van der Waals surface area contributed by atoms with Crippen LogP contribution < -0.4 is 14.8 Å². The van der Waals surface area contributed by atoms with Crippen LogP contribution >= 0.6 is 15.9 Å². The Morgan fingerprint density at radius 2 is 1.81 bits per heavy atom. The van der Waals surface area contributed by atoms with Crippen LogP contribution in [0.3, 0.4) is 0 Å². The van der Waals surface area contributed by atoms with Crippen molar-refractivity contribution >= 4 is 21.8 Å². The number of benzene rings is 2. The summed E-state index contributed by atoms with van der Waals surface area (Å²) >= 11 is 3.31. The highest BCUT2D eigenvalue weighted by Crippen LogP contribution is 2.29. The maximum absolute atomic E-state index is 12.8. The molecule has 2 aromatic carbocycles. The van der Waals surface area contributed by atoms with Crippen molar-refractivity contribution in [3.63, 3.8) is 0 Å². The molecule has 1 amide bonds. The Bertz CT molecular complexity index is 891. The summed E-state index contributed by atoms with van der Waals surface area (Å²) in [4.78, 5) is 12.8. The molecule has 3 rings (SSSR count). The topological polar surface area (TPSA) is 138 Å². The van der Waals surface area contributed by atoms with E-state index in [0.717, 1.165) is 5.56 Å². The molecule has 0 spiro atoms. The summed E-state index contributed by atoms with van der Waals surface area (Å²) in [5.74, 6) is 0.368. The molecule has 31 heavy (non-hydrogen) atoms. The van der Waals surface area contributed by atoms with Gasteiger partial charge in [-0.2, -0.15) is 0 Å². The van der Waals surface area contributed by atoms with Crippen LogP contribution in [0.25, 0.3) is 0 Å². The van der Waals surface area contributed by atoms with E-state index >= 15 is 0 Å². The number of carbonyl (C=O) groups excluding carboxylic acids is 1. The number of methoxy groups -OCH3 is 1. The van der Waals surface area contributed by atoms with Crippen molar-refractivity contribution in [1.82, 2.24) is 5.32 Å². The predicted octanol–water partition coefficient (Wildman–Crippen LogP) is 0.566. The van der Waals surface area contributed by atoms with Gasteiger partial charge in [-0.15, -0.1) is 0 Å². The van der Waals surface area contributed by atoms with Crippen molar-refractivity contribution in [3.8, 4) is 11.5 Å². The van der Waals surface area contributed by atoms with Gasteiger partial charge in [0.2, 0.25) is 6.29 Å². The van der Waals surface area contributed by atoms with Gasteiger partial charge < -0.3 is 40.0 Å². The third-order valence-corrected chi connectivity index (χ3v) is 5.39. The Balaban J connectivity index is 1.74. The molecule has 0 saturated carbocycles. The minimum absolute atomic E-state index is 0.0888. The van der Waals surface area contributed by atoms with E-state index in [-0.39, 0.29) is 17.9 Å². The van der Waals surface area contributed by atoms with Gasteiger partial charge in [0.15, 0.2) is 0 Å². The molecular formula is C21H24BrNO8. The molecule has 2 aromatic rings. The largest absolute Gasteiger partial charge is 0.497 e. The number of halogens is 1. The molecule has 1 aliphatic rings. The number of hydrogen-bond donors (Lipinski definition) is 5. The third kappa shape index (κ3) is 5.53. The van der Waals surface area contributed by atoms with Crippen LogP contribution in [-0.2, 0) is 11.3 Å². The average molecular weight is 498 g/mol. The highest BCUT2D eigenvalue weighted by molar-refractivity contribution is 9.10. The first-order chi connectivity index (χ1) is 14.8. The number of hydrogen-bond acceptors (Lipinski definition) is 8. The molecule has 0 bridgehead atoms. The lowest BCUT2D eigenvalue weighted by Crippen LogP contribution is -2.60. The monoisotopic (exact) mass is 497 g/mol. The van der Waals surface area contributed by atoms with E-state index in [4.69, 9.17) is 14.2 Å². The van der Waals surface area contributed by atoms with E-state index < -0.39 is 43.2 Å².